The maximum absolute atomic E-state index is 13.1. The fourth-order valence-electron chi connectivity index (χ4n) is 3.50. The van der Waals surface area contributed by atoms with Gasteiger partial charge in [-0.1, -0.05) is 22.8 Å². The molecule has 1 atom stereocenters. The summed E-state index contributed by atoms with van der Waals surface area (Å²) in [6.45, 7) is 2.73. The summed E-state index contributed by atoms with van der Waals surface area (Å²) in [4.78, 5) is 4.74. The molecule has 0 bridgehead atoms. The van der Waals surface area contributed by atoms with Crippen LogP contribution in [0.15, 0.2) is 44.4 Å². The van der Waals surface area contributed by atoms with Crippen molar-refractivity contribution in [1.82, 2.24) is 14.4 Å². The molecule has 0 amide bonds. The minimum atomic E-state index is -3.59. The van der Waals surface area contributed by atoms with Gasteiger partial charge in [0.05, 0.1) is 4.90 Å². The monoisotopic (exact) mass is 437 g/mol. The molecular weight excluding hydrogens is 418 g/mol. The van der Waals surface area contributed by atoms with Gasteiger partial charge in [-0.05, 0) is 54.8 Å². The largest absolute Gasteiger partial charge is 0.339 e. The van der Waals surface area contributed by atoms with Crippen molar-refractivity contribution >= 4 is 33.0 Å². The first-order valence-electron chi connectivity index (χ1n) is 9.05. The SMILES string of the molecule is Cc1ccc(Cl)cc1S(=O)(=O)N1CCCC(Cc2nc(-c3ccsc3)no2)C1. The average molecular weight is 438 g/mol. The number of halogens is 1. The summed E-state index contributed by atoms with van der Waals surface area (Å²) in [7, 11) is -3.59. The van der Waals surface area contributed by atoms with Gasteiger partial charge in [-0.3, -0.25) is 0 Å². The van der Waals surface area contributed by atoms with Crippen LogP contribution in [0.25, 0.3) is 11.4 Å². The Morgan fingerprint density at radius 1 is 1.36 bits per heavy atom. The van der Waals surface area contributed by atoms with Crippen molar-refractivity contribution in [2.75, 3.05) is 13.1 Å². The van der Waals surface area contributed by atoms with Crippen LogP contribution in [0.5, 0.6) is 0 Å². The number of thiophene rings is 1. The van der Waals surface area contributed by atoms with Gasteiger partial charge in [-0.2, -0.15) is 20.6 Å². The summed E-state index contributed by atoms with van der Waals surface area (Å²) in [6.07, 6.45) is 2.30. The Balaban J connectivity index is 1.49. The zero-order chi connectivity index (χ0) is 19.7. The van der Waals surface area contributed by atoms with E-state index in [9.17, 15) is 8.42 Å². The normalized spacial score (nSPS) is 18.4. The molecule has 1 aliphatic heterocycles. The maximum Gasteiger partial charge on any atom is 0.243 e. The van der Waals surface area contributed by atoms with E-state index in [4.69, 9.17) is 16.1 Å². The summed E-state index contributed by atoms with van der Waals surface area (Å²) in [5.41, 5.74) is 1.63. The number of hydrogen-bond donors (Lipinski definition) is 0. The zero-order valence-electron chi connectivity index (χ0n) is 15.3. The van der Waals surface area contributed by atoms with Gasteiger partial charge >= 0.3 is 0 Å². The first-order valence-corrected chi connectivity index (χ1v) is 11.8. The molecule has 6 nitrogen and oxygen atoms in total. The summed E-state index contributed by atoms with van der Waals surface area (Å²) in [5.74, 6) is 1.26. The molecule has 1 saturated heterocycles. The summed E-state index contributed by atoms with van der Waals surface area (Å²) in [5, 5.41) is 8.39. The lowest BCUT2D eigenvalue weighted by Crippen LogP contribution is -2.40. The highest BCUT2D eigenvalue weighted by molar-refractivity contribution is 7.89. The molecular formula is C19H20ClN3O3S2. The lowest BCUT2D eigenvalue weighted by atomic mass is 9.96. The Hall–Kier alpha value is -1.74. The standard InChI is InChI=1S/C19H20ClN3O3S2/c1-13-4-5-16(20)10-17(13)28(24,25)23-7-2-3-14(11-23)9-18-21-19(22-26-18)15-6-8-27-12-15/h4-6,8,10,12,14H,2-3,7,9,11H2,1H3. The number of sulfonamides is 1. The Kier molecular flexibility index (Phi) is 5.55. The topological polar surface area (TPSA) is 76.3 Å². The predicted octanol–water partition coefficient (Wildman–Crippen LogP) is 4.40. The van der Waals surface area contributed by atoms with Crippen molar-refractivity contribution in [3.8, 4) is 11.4 Å². The maximum atomic E-state index is 13.1. The van der Waals surface area contributed by atoms with Crippen LogP contribution in [0, 0.1) is 12.8 Å². The predicted molar refractivity (Wildman–Crippen MR) is 109 cm³/mol. The number of benzene rings is 1. The van der Waals surface area contributed by atoms with Gasteiger partial charge in [0.15, 0.2) is 0 Å². The summed E-state index contributed by atoms with van der Waals surface area (Å²) in [6, 6.07) is 6.92. The molecule has 0 radical (unpaired) electrons. The van der Waals surface area contributed by atoms with Gasteiger partial charge in [0.2, 0.25) is 21.7 Å². The fourth-order valence-corrected chi connectivity index (χ4v) is 6.17. The Bertz CT molecular complexity index is 1060. The number of nitrogens with zero attached hydrogens (tertiary/aromatic N) is 3. The van der Waals surface area contributed by atoms with E-state index in [2.05, 4.69) is 10.1 Å². The molecule has 0 aliphatic carbocycles. The van der Waals surface area contributed by atoms with Crippen LogP contribution in [0.3, 0.4) is 0 Å². The molecule has 0 spiro atoms. The van der Waals surface area contributed by atoms with E-state index in [-0.39, 0.29) is 10.8 Å². The van der Waals surface area contributed by atoms with E-state index in [1.54, 1.807) is 34.7 Å². The highest BCUT2D eigenvalue weighted by Crippen LogP contribution is 2.29. The molecule has 3 heterocycles. The molecule has 0 saturated carbocycles. The molecule has 4 rings (SSSR count). The lowest BCUT2D eigenvalue weighted by Gasteiger charge is -2.31. The van der Waals surface area contributed by atoms with Gasteiger partial charge in [-0.25, -0.2) is 8.42 Å². The van der Waals surface area contributed by atoms with Crippen molar-refractivity contribution in [1.29, 1.82) is 0 Å². The molecule has 1 aliphatic rings. The van der Waals surface area contributed by atoms with E-state index >= 15 is 0 Å². The van der Waals surface area contributed by atoms with Crippen LogP contribution in [0.1, 0.15) is 24.3 Å². The molecule has 28 heavy (non-hydrogen) atoms. The van der Waals surface area contributed by atoms with Crippen molar-refractivity contribution in [3.63, 3.8) is 0 Å². The second kappa shape index (κ2) is 7.94. The van der Waals surface area contributed by atoms with Crippen molar-refractivity contribution < 1.29 is 12.9 Å². The number of rotatable bonds is 5. The van der Waals surface area contributed by atoms with Crippen LogP contribution in [-0.2, 0) is 16.4 Å². The smallest absolute Gasteiger partial charge is 0.243 e. The van der Waals surface area contributed by atoms with E-state index in [1.165, 1.54) is 6.07 Å². The minimum Gasteiger partial charge on any atom is -0.339 e. The van der Waals surface area contributed by atoms with Gasteiger partial charge < -0.3 is 4.52 Å². The first-order chi connectivity index (χ1) is 13.4. The molecule has 1 unspecified atom stereocenters. The minimum absolute atomic E-state index is 0.138. The third-order valence-corrected chi connectivity index (χ3v) is 7.89. The molecule has 3 aromatic rings. The zero-order valence-corrected chi connectivity index (χ0v) is 17.7. The van der Waals surface area contributed by atoms with E-state index in [0.717, 1.165) is 18.4 Å². The van der Waals surface area contributed by atoms with Crippen LogP contribution >= 0.6 is 22.9 Å². The Labute approximate surface area is 173 Å². The lowest BCUT2D eigenvalue weighted by molar-refractivity contribution is 0.247. The second-order valence-electron chi connectivity index (χ2n) is 7.01. The molecule has 1 fully saturated rings. The van der Waals surface area contributed by atoms with Gasteiger partial charge in [0.1, 0.15) is 0 Å². The molecule has 148 valence electrons. The van der Waals surface area contributed by atoms with Crippen molar-refractivity contribution in [3.05, 3.63) is 51.5 Å². The van der Waals surface area contributed by atoms with Gasteiger partial charge in [0.25, 0.3) is 0 Å². The van der Waals surface area contributed by atoms with Crippen LogP contribution in [-0.4, -0.2) is 36.0 Å². The fraction of sp³-hybridized carbons (Fsp3) is 0.368. The van der Waals surface area contributed by atoms with Crippen molar-refractivity contribution in [2.24, 2.45) is 5.92 Å². The van der Waals surface area contributed by atoms with Gasteiger partial charge in [-0.15, -0.1) is 0 Å². The average Bonchev–Trinajstić information content (AvgIpc) is 3.35. The van der Waals surface area contributed by atoms with Crippen molar-refractivity contribution in [2.45, 2.75) is 31.1 Å². The Morgan fingerprint density at radius 3 is 3.00 bits per heavy atom. The molecule has 9 heteroatoms. The summed E-state index contributed by atoms with van der Waals surface area (Å²) >= 11 is 7.61. The first kappa shape index (κ1) is 19.6. The molecule has 1 aromatic carbocycles. The van der Waals surface area contributed by atoms with Gasteiger partial charge in [0, 0.05) is 35.5 Å². The number of aromatic nitrogens is 2. The molecule has 2 aromatic heterocycles. The number of aryl methyl sites for hydroxylation is 1. The highest BCUT2D eigenvalue weighted by Gasteiger charge is 2.32. The van der Waals surface area contributed by atoms with Crippen LogP contribution in [0.4, 0.5) is 0 Å². The third kappa shape index (κ3) is 4.00. The quantitative estimate of drug-likeness (QED) is 0.591. The molecule has 0 N–H and O–H groups in total. The third-order valence-electron chi connectivity index (χ3n) is 4.96. The van der Waals surface area contributed by atoms with Crippen LogP contribution in [0.2, 0.25) is 5.02 Å². The second-order valence-corrected chi connectivity index (χ2v) is 10.1. The highest BCUT2D eigenvalue weighted by atomic mass is 35.5. The number of hydrogen-bond acceptors (Lipinski definition) is 6. The van der Waals surface area contributed by atoms with E-state index in [1.807, 2.05) is 16.8 Å². The Morgan fingerprint density at radius 2 is 2.21 bits per heavy atom. The van der Waals surface area contributed by atoms with Crippen LogP contribution < -0.4 is 0 Å². The number of piperidine rings is 1. The van der Waals surface area contributed by atoms with E-state index in [0.29, 0.717) is 41.8 Å². The van der Waals surface area contributed by atoms with E-state index < -0.39 is 10.0 Å². The summed E-state index contributed by atoms with van der Waals surface area (Å²) < 4.78 is 33.2.